The molecule has 0 radical (unpaired) electrons. The number of hydrogen-bond acceptors (Lipinski definition) is 7. The molecule has 0 unspecified atom stereocenters. The van der Waals surface area contributed by atoms with E-state index < -0.39 is 35.7 Å². The summed E-state index contributed by atoms with van der Waals surface area (Å²) in [6.45, 7) is 9.71. The van der Waals surface area contributed by atoms with Crippen molar-refractivity contribution >= 4 is 29.3 Å². The van der Waals surface area contributed by atoms with Gasteiger partial charge in [0.15, 0.2) is 11.6 Å². The first-order chi connectivity index (χ1) is 16.8. The summed E-state index contributed by atoms with van der Waals surface area (Å²) in [5, 5.41) is 5.56. The summed E-state index contributed by atoms with van der Waals surface area (Å²) in [6.07, 6.45) is 3.96. The Hall–Kier alpha value is -2.33. The largest absolute Gasteiger partial charge is 0.369 e. The number of carbonyl (C=O) groups is 5. The highest BCUT2D eigenvalue weighted by Gasteiger charge is 2.31. The van der Waals surface area contributed by atoms with Gasteiger partial charge in [-0.3, -0.25) is 24.0 Å². The summed E-state index contributed by atoms with van der Waals surface area (Å²) in [5.41, 5.74) is 16.4. The topological polar surface area (TPSA) is 187 Å². The highest BCUT2D eigenvalue weighted by atomic mass is 16.2. The first-order valence-electron chi connectivity index (χ1n) is 13.2. The van der Waals surface area contributed by atoms with E-state index in [9.17, 15) is 24.0 Å². The quantitative estimate of drug-likeness (QED) is 0.152. The Morgan fingerprint density at radius 1 is 0.667 bits per heavy atom. The van der Waals surface area contributed by atoms with Crippen LogP contribution >= 0.6 is 0 Å². The molecule has 0 spiro atoms. The van der Waals surface area contributed by atoms with Crippen LogP contribution in [0.5, 0.6) is 0 Å². The van der Waals surface area contributed by atoms with Gasteiger partial charge in [0.2, 0.25) is 17.7 Å². The number of hydrogen-bond donors (Lipinski definition) is 5. The van der Waals surface area contributed by atoms with Crippen LogP contribution in [0.3, 0.4) is 0 Å². The molecule has 0 fully saturated rings. The lowest BCUT2D eigenvalue weighted by molar-refractivity contribution is -0.135. The van der Waals surface area contributed by atoms with Crippen LogP contribution in [0, 0.1) is 23.7 Å². The van der Waals surface area contributed by atoms with E-state index in [4.69, 9.17) is 17.2 Å². The van der Waals surface area contributed by atoms with Crippen molar-refractivity contribution in [2.24, 2.45) is 40.9 Å². The second-order valence-electron chi connectivity index (χ2n) is 10.3. The smallest absolute Gasteiger partial charge is 0.224 e. The predicted molar refractivity (Wildman–Crippen MR) is 140 cm³/mol. The Balaban J connectivity index is 5.22. The molecular weight excluding hydrogens is 462 g/mol. The lowest BCUT2D eigenvalue weighted by Crippen LogP contribution is -2.47. The van der Waals surface area contributed by atoms with Gasteiger partial charge < -0.3 is 27.8 Å². The van der Waals surface area contributed by atoms with Crippen molar-refractivity contribution in [2.75, 3.05) is 13.1 Å². The minimum atomic E-state index is -0.784. The molecule has 0 aromatic rings. The van der Waals surface area contributed by atoms with Crippen LogP contribution in [-0.2, 0) is 24.0 Å². The van der Waals surface area contributed by atoms with Crippen LogP contribution in [0.25, 0.3) is 0 Å². The molecule has 0 saturated carbocycles. The average molecular weight is 512 g/mol. The highest BCUT2D eigenvalue weighted by molar-refractivity contribution is 5.95. The number of unbranched alkanes of at least 4 members (excludes halogenated alkanes) is 2. The molecule has 8 N–H and O–H groups in total. The number of carbonyl (C=O) groups excluding carboxylic acids is 5. The SMILES string of the molecule is CC(C)[C@H](CC(=O)[C@H](C)NC(=O)[C@@H](C)CCCCN)C(=O)N[C@@H](CCCCN)C(=O)C[C@@H](C)C(N)=O. The second kappa shape index (κ2) is 18.0. The molecule has 0 aromatic carbocycles. The van der Waals surface area contributed by atoms with Gasteiger partial charge >= 0.3 is 0 Å². The summed E-state index contributed by atoms with van der Waals surface area (Å²) in [7, 11) is 0. The van der Waals surface area contributed by atoms with Crippen molar-refractivity contribution in [3.05, 3.63) is 0 Å². The first-order valence-corrected chi connectivity index (χ1v) is 13.2. The Morgan fingerprint density at radius 3 is 1.72 bits per heavy atom. The van der Waals surface area contributed by atoms with Gasteiger partial charge in [0.05, 0.1) is 12.1 Å². The van der Waals surface area contributed by atoms with Gasteiger partial charge in [0.1, 0.15) is 0 Å². The van der Waals surface area contributed by atoms with Crippen molar-refractivity contribution < 1.29 is 24.0 Å². The van der Waals surface area contributed by atoms with Crippen molar-refractivity contribution in [1.82, 2.24) is 10.6 Å². The van der Waals surface area contributed by atoms with Gasteiger partial charge in [0, 0.05) is 30.6 Å². The average Bonchev–Trinajstić information content (AvgIpc) is 2.81. The molecule has 0 aromatic heterocycles. The summed E-state index contributed by atoms with van der Waals surface area (Å²) in [6, 6.07) is -1.52. The number of nitrogens with two attached hydrogens (primary N) is 3. The molecule has 10 heteroatoms. The highest BCUT2D eigenvalue weighted by Crippen LogP contribution is 2.19. The Bertz CT molecular complexity index is 728. The maximum atomic E-state index is 13.2. The Kier molecular flexibility index (Phi) is 16.8. The maximum absolute atomic E-state index is 13.2. The number of ketones is 2. The number of rotatable bonds is 20. The molecule has 3 amide bonds. The van der Waals surface area contributed by atoms with Crippen molar-refractivity contribution in [3.63, 3.8) is 0 Å². The molecule has 0 heterocycles. The van der Waals surface area contributed by atoms with Crippen molar-refractivity contribution in [3.8, 4) is 0 Å². The standard InChI is InChI=1S/C26H49N5O5/c1-16(2)20(15-22(32)19(5)30-25(35)17(3)10-6-8-12-27)26(36)31-21(11-7-9-13-28)23(33)14-18(4)24(29)34/h16-21H,6-15,27-28H2,1-5H3,(H2,29,34)(H,30,35)(H,31,36)/t17-,18+,19-,20-,21-/m0/s1. The molecule has 0 bridgehead atoms. The number of primary amides is 1. The third-order valence-electron chi connectivity index (χ3n) is 6.59. The van der Waals surface area contributed by atoms with Crippen LogP contribution in [0.2, 0.25) is 0 Å². The molecule has 0 rings (SSSR count). The van der Waals surface area contributed by atoms with E-state index in [-0.39, 0.29) is 42.2 Å². The third kappa shape index (κ3) is 13.1. The molecule has 0 aliphatic heterocycles. The number of nitrogens with one attached hydrogen (secondary N) is 2. The molecule has 10 nitrogen and oxygen atoms in total. The Morgan fingerprint density at radius 2 is 1.22 bits per heavy atom. The van der Waals surface area contributed by atoms with Crippen molar-refractivity contribution in [1.29, 1.82) is 0 Å². The Labute approximate surface area is 216 Å². The fourth-order valence-corrected chi connectivity index (χ4v) is 3.82. The van der Waals surface area contributed by atoms with Crippen LogP contribution in [0.15, 0.2) is 0 Å². The van der Waals surface area contributed by atoms with Gasteiger partial charge in [-0.05, 0) is 58.0 Å². The number of Topliss-reactive ketones (excluding diaryl/α,β-unsaturated/α-hetero) is 2. The first kappa shape index (κ1) is 33.7. The van der Waals surface area contributed by atoms with E-state index in [0.717, 1.165) is 12.8 Å². The van der Waals surface area contributed by atoms with Gasteiger partial charge in [-0.1, -0.05) is 34.1 Å². The van der Waals surface area contributed by atoms with E-state index in [2.05, 4.69) is 10.6 Å². The molecule has 36 heavy (non-hydrogen) atoms. The van der Waals surface area contributed by atoms with Gasteiger partial charge in [-0.15, -0.1) is 0 Å². The lowest BCUT2D eigenvalue weighted by atomic mass is 9.87. The zero-order valence-corrected chi connectivity index (χ0v) is 22.8. The minimum absolute atomic E-state index is 0.0616. The summed E-state index contributed by atoms with van der Waals surface area (Å²) >= 11 is 0. The van der Waals surface area contributed by atoms with Crippen LogP contribution in [-0.4, -0.2) is 54.5 Å². The van der Waals surface area contributed by atoms with Crippen LogP contribution < -0.4 is 27.8 Å². The molecule has 0 aliphatic rings. The molecule has 0 aliphatic carbocycles. The van der Waals surface area contributed by atoms with E-state index in [1.54, 1.807) is 13.8 Å². The summed E-state index contributed by atoms with van der Waals surface area (Å²) in [5.74, 6) is -3.42. The van der Waals surface area contributed by atoms with Crippen LogP contribution in [0.4, 0.5) is 0 Å². The molecule has 0 saturated heterocycles. The van der Waals surface area contributed by atoms with E-state index in [1.807, 2.05) is 20.8 Å². The van der Waals surface area contributed by atoms with E-state index in [0.29, 0.717) is 38.8 Å². The molecule has 208 valence electrons. The fourth-order valence-electron chi connectivity index (χ4n) is 3.82. The van der Waals surface area contributed by atoms with Crippen LogP contribution in [0.1, 0.15) is 86.0 Å². The predicted octanol–water partition coefficient (Wildman–Crippen LogP) is 1.18. The normalized spacial score (nSPS) is 15.4. The zero-order chi connectivity index (χ0) is 27.8. The number of amides is 3. The summed E-state index contributed by atoms with van der Waals surface area (Å²) < 4.78 is 0. The zero-order valence-electron chi connectivity index (χ0n) is 22.8. The third-order valence-corrected chi connectivity index (χ3v) is 6.59. The minimum Gasteiger partial charge on any atom is -0.369 e. The molecular formula is C26H49N5O5. The van der Waals surface area contributed by atoms with E-state index in [1.165, 1.54) is 0 Å². The lowest BCUT2D eigenvalue weighted by Gasteiger charge is -2.25. The fraction of sp³-hybridized carbons (Fsp3) is 0.808. The summed E-state index contributed by atoms with van der Waals surface area (Å²) in [4.78, 5) is 62.7. The monoisotopic (exact) mass is 511 g/mol. The van der Waals surface area contributed by atoms with E-state index >= 15 is 0 Å². The van der Waals surface area contributed by atoms with Crippen molar-refractivity contribution in [2.45, 2.75) is 98.1 Å². The second-order valence-corrected chi connectivity index (χ2v) is 10.3. The van der Waals surface area contributed by atoms with Gasteiger partial charge in [-0.2, -0.15) is 0 Å². The van der Waals surface area contributed by atoms with Gasteiger partial charge in [0.25, 0.3) is 0 Å². The molecule has 5 atom stereocenters. The van der Waals surface area contributed by atoms with Gasteiger partial charge in [-0.25, -0.2) is 0 Å². The maximum Gasteiger partial charge on any atom is 0.224 e.